The van der Waals surface area contributed by atoms with E-state index in [9.17, 15) is 4.39 Å². The molecule has 0 aliphatic rings. The minimum Gasteiger partial charge on any atom is -0.458 e. The largest absolute Gasteiger partial charge is 0.458 e. The molecular weight excluding hydrogens is 253 g/mol. The Morgan fingerprint density at radius 1 is 1.33 bits per heavy atom. The summed E-state index contributed by atoms with van der Waals surface area (Å²) >= 11 is 5.97. The zero-order valence-corrected chi connectivity index (χ0v) is 11.4. The maximum absolute atomic E-state index is 13.3. The quantitative estimate of drug-likeness (QED) is 0.853. The topological polar surface area (TPSA) is 25.2 Å². The monoisotopic (exact) mass is 269 g/mol. The van der Waals surface area contributed by atoms with Gasteiger partial charge in [0.05, 0.1) is 11.1 Å². The van der Waals surface area contributed by atoms with Crippen LogP contribution >= 0.6 is 11.6 Å². The first kappa shape index (κ1) is 13.4. The third-order valence-electron chi connectivity index (χ3n) is 2.95. The fraction of sp³-hybridized carbons (Fsp3) is 0.429. The summed E-state index contributed by atoms with van der Waals surface area (Å²) in [4.78, 5) is 0. The van der Waals surface area contributed by atoms with E-state index in [1.807, 2.05) is 6.07 Å². The molecule has 1 unspecified atom stereocenters. The smallest absolute Gasteiger partial charge is 0.153 e. The molecule has 0 saturated heterocycles. The summed E-state index contributed by atoms with van der Waals surface area (Å²) in [5.41, 5.74) is 0.560. The molecule has 1 atom stereocenters. The Morgan fingerprint density at radius 2 is 2.11 bits per heavy atom. The number of benzene rings is 1. The summed E-state index contributed by atoms with van der Waals surface area (Å²) in [6.07, 6.45) is 1.98. The van der Waals surface area contributed by atoms with Gasteiger partial charge in [-0.3, -0.25) is 0 Å². The highest BCUT2D eigenvalue weighted by atomic mass is 35.5. The van der Waals surface area contributed by atoms with Crippen molar-refractivity contribution in [2.24, 2.45) is 0 Å². The van der Waals surface area contributed by atoms with Crippen molar-refractivity contribution >= 4 is 22.6 Å². The SMILES string of the molecule is CCCNC(CC)c1cc2cc(F)cc(Cl)c2o1. The van der Waals surface area contributed by atoms with Gasteiger partial charge in [-0.15, -0.1) is 0 Å². The van der Waals surface area contributed by atoms with Crippen LogP contribution in [0.1, 0.15) is 38.5 Å². The summed E-state index contributed by atoms with van der Waals surface area (Å²) in [7, 11) is 0. The van der Waals surface area contributed by atoms with Gasteiger partial charge < -0.3 is 9.73 Å². The Balaban J connectivity index is 2.36. The van der Waals surface area contributed by atoms with Crippen LogP contribution in [0, 0.1) is 5.82 Å². The van der Waals surface area contributed by atoms with Crippen LogP contribution in [-0.4, -0.2) is 6.54 Å². The third-order valence-corrected chi connectivity index (χ3v) is 3.23. The van der Waals surface area contributed by atoms with Crippen LogP contribution in [0.3, 0.4) is 0 Å². The maximum atomic E-state index is 13.3. The second kappa shape index (κ2) is 5.72. The number of furan rings is 1. The molecule has 4 heteroatoms. The standard InChI is InChI=1S/C14H17ClFNO/c1-3-5-17-12(4-2)13-7-9-6-10(16)8-11(15)14(9)18-13/h6-8,12,17H,3-5H2,1-2H3. The molecule has 1 aromatic carbocycles. The van der Waals surface area contributed by atoms with E-state index in [0.29, 0.717) is 16.0 Å². The van der Waals surface area contributed by atoms with Crippen LogP contribution in [0.5, 0.6) is 0 Å². The lowest BCUT2D eigenvalue weighted by molar-refractivity contribution is 0.421. The molecule has 0 radical (unpaired) electrons. The molecular formula is C14H17ClFNO. The summed E-state index contributed by atoms with van der Waals surface area (Å²) in [5.74, 6) is 0.475. The molecule has 0 bridgehead atoms. The summed E-state index contributed by atoms with van der Waals surface area (Å²) < 4.78 is 19.0. The minimum absolute atomic E-state index is 0.150. The van der Waals surface area contributed by atoms with Crippen molar-refractivity contribution in [3.8, 4) is 0 Å². The van der Waals surface area contributed by atoms with E-state index in [1.165, 1.54) is 12.1 Å². The molecule has 2 nitrogen and oxygen atoms in total. The summed E-state index contributed by atoms with van der Waals surface area (Å²) in [5, 5.41) is 4.44. The van der Waals surface area contributed by atoms with Gasteiger partial charge in [0.25, 0.3) is 0 Å². The molecule has 18 heavy (non-hydrogen) atoms. The van der Waals surface area contributed by atoms with Crippen LogP contribution in [0.4, 0.5) is 4.39 Å². The number of fused-ring (bicyclic) bond motifs is 1. The normalized spacial score (nSPS) is 13.1. The van der Waals surface area contributed by atoms with Gasteiger partial charge in [-0.1, -0.05) is 25.4 Å². The van der Waals surface area contributed by atoms with Crippen molar-refractivity contribution in [2.75, 3.05) is 6.54 Å². The third kappa shape index (κ3) is 2.68. The predicted molar refractivity (Wildman–Crippen MR) is 72.5 cm³/mol. The highest BCUT2D eigenvalue weighted by molar-refractivity contribution is 6.34. The molecule has 0 aliphatic carbocycles. The van der Waals surface area contributed by atoms with Gasteiger partial charge in [0.2, 0.25) is 0 Å². The van der Waals surface area contributed by atoms with E-state index in [1.54, 1.807) is 0 Å². The van der Waals surface area contributed by atoms with Crippen molar-refractivity contribution in [3.05, 3.63) is 34.8 Å². The van der Waals surface area contributed by atoms with Crippen molar-refractivity contribution in [1.29, 1.82) is 0 Å². The van der Waals surface area contributed by atoms with Crippen molar-refractivity contribution in [1.82, 2.24) is 5.32 Å². The number of nitrogens with one attached hydrogen (secondary N) is 1. The van der Waals surface area contributed by atoms with Gasteiger partial charge in [0.1, 0.15) is 11.6 Å². The number of hydrogen-bond acceptors (Lipinski definition) is 2. The Morgan fingerprint density at radius 3 is 2.78 bits per heavy atom. The fourth-order valence-corrected chi connectivity index (χ4v) is 2.28. The van der Waals surface area contributed by atoms with Crippen LogP contribution in [0.25, 0.3) is 11.0 Å². The van der Waals surface area contributed by atoms with E-state index in [4.69, 9.17) is 16.0 Å². The lowest BCUT2D eigenvalue weighted by atomic mass is 10.1. The van der Waals surface area contributed by atoms with Crippen molar-refractivity contribution in [3.63, 3.8) is 0 Å². The van der Waals surface area contributed by atoms with Crippen LogP contribution in [-0.2, 0) is 0 Å². The van der Waals surface area contributed by atoms with Crippen LogP contribution < -0.4 is 5.32 Å². The molecule has 0 spiro atoms. The minimum atomic E-state index is -0.339. The zero-order chi connectivity index (χ0) is 13.1. The lowest BCUT2D eigenvalue weighted by Gasteiger charge is -2.13. The summed E-state index contributed by atoms with van der Waals surface area (Å²) in [6, 6.07) is 4.73. The highest BCUT2D eigenvalue weighted by Crippen LogP contribution is 2.31. The molecule has 2 rings (SSSR count). The second-order valence-corrected chi connectivity index (χ2v) is 4.78. The maximum Gasteiger partial charge on any atom is 0.153 e. The van der Waals surface area contributed by atoms with Gasteiger partial charge in [-0.25, -0.2) is 4.39 Å². The molecule has 1 heterocycles. The molecule has 0 amide bonds. The van der Waals surface area contributed by atoms with Crippen LogP contribution in [0.15, 0.2) is 22.6 Å². The summed E-state index contributed by atoms with van der Waals surface area (Å²) in [6.45, 7) is 5.13. The van der Waals surface area contributed by atoms with Gasteiger partial charge >= 0.3 is 0 Å². The van der Waals surface area contributed by atoms with Gasteiger partial charge in [-0.05, 0) is 37.6 Å². The first-order valence-corrected chi connectivity index (χ1v) is 6.65. The predicted octanol–water partition coefficient (Wildman–Crippen LogP) is 4.68. The molecule has 2 aromatic rings. The second-order valence-electron chi connectivity index (χ2n) is 4.37. The zero-order valence-electron chi connectivity index (χ0n) is 10.6. The number of halogens is 2. The molecule has 0 fully saturated rings. The molecule has 1 N–H and O–H groups in total. The average Bonchev–Trinajstić information content (AvgIpc) is 2.74. The van der Waals surface area contributed by atoms with E-state index >= 15 is 0 Å². The highest BCUT2D eigenvalue weighted by Gasteiger charge is 2.15. The van der Waals surface area contributed by atoms with E-state index in [0.717, 1.165) is 25.1 Å². The van der Waals surface area contributed by atoms with E-state index in [-0.39, 0.29) is 11.9 Å². The van der Waals surface area contributed by atoms with Gasteiger partial charge in [-0.2, -0.15) is 0 Å². The molecule has 1 aromatic heterocycles. The van der Waals surface area contributed by atoms with Crippen molar-refractivity contribution < 1.29 is 8.81 Å². The lowest BCUT2D eigenvalue weighted by Crippen LogP contribution is -2.20. The van der Waals surface area contributed by atoms with E-state index in [2.05, 4.69) is 19.2 Å². The van der Waals surface area contributed by atoms with Crippen LogP contribution in [0.2, 0.25) is 5.02 Å². The average molecular weight is 270 g/mol. The fourth-order valence-electron chi connectivity index (χ4n) is 2.03. The number of rotatable bonds is 5. The Bertz CT molecular complexity index is 538. The Kier molecular flexibility index (Phi) is 4.25. The van der Waals surface area contributed by atoms with E-state index < -0.39 is 0 Å². The Labute approximate surface area is 111 Å². The molecule has 98 valence electrons. The molecule has 0 aliphatic heterocycles. The van der Waals surface area contributed by atoms with Gasteiger partial charge in [0.15, 0.2) is 5.58 Å². The first-order valence-electron chi connectivity index (χ1n) is 6.27. The molecule has 0 saturated carbocycles. The van der Waals surface area contributed by atoms with Crippen molar-refractivity contribution in [2.45, 2.75) is 32.7 Å². The van der Waals surface area contributed by atoms with Gasteiger partial charge in [0, 0.05) is 5.39 Å². The first-order chi connectivity index (χ1) is 8.65. The number of hydrogen-bond donors (Lipinski definition) is 1. The Hall–Kier alpha value is -1.06.